The van der Waals surface area contributed by atoms with E-state index in [2.05, 4.69) is 0 Å². The Hall–Kier alpha value is -0.320. The van der Waals surface area contributed by atoms with Gasteiger partial charge < -0.3 is 0 Å². The molecule has 0 aliphatic carbocycles. The monoisotopic (exact) mass is 406 g/mol. The molecule has 22 heavy (non-hydrogen) atoms. The molecule has 0 unspecified atom stereocenters. The molecule has 118 valence electrons. The molecule has 0 aromatic heterocycles. The Morgan fingerprint density at radius 2 is 1.23 bits per heavy atom. The van der Waals surface area contributed by atoms with Gasteiger partial charge in [0.1, 0.15) is 0 Å². The first-order valence-corrected chi connectivity index (χ1v) is 7.64. The van der Waals surface area contributed by atoms with Crippen molar-refractivity contribution < 1.29 is 13.2 Å². The molecule has 0 saturated heterocycles. The van der Waals surface area contributed by atoms with Gasteiger partial charge in [0, 0.05) is 5.56 Å². The zero-order chi connectivity index (χ0) is 16.8. The molecular formula is C14H6Cl5F3. The zero-order valence-corrected chi connectivity index (χ0v) is 14.5. The van der Waals surface area contributed by atoms with E-state index in [1.165, 1.54) is 13.0 Å². The molecule has 0 amide bonds. The van der Waals surface area contributed by atoms with Gasteiger partial charge in [0.25, 0.3) is 0 Å². The highest BCUT2D eigenvalue weighted by Crippen LogP contribution is 2.49. The van der Waals surface area contributed by atoms with Crippen molar-refractivity contribution in [3.8, 4) is 11.1 Å². The lowest BCUT2D eigenvalue weighted by atomic mass is 9.98. The second-order valence-corrected chi connectivity index (χ2v) is 6.36. The van der Waals surface area contributed by atoms with Gasteiger partial charge >= 0.3 is 6.18 Å². The van der Waals surface area contributed by atoms with Crippen LogP contribution in [0.1, 0.15) is 11.1 Å². The van der Waals surface area contributed by atoms with E-state index in [1.54, 1.807) is 0 Å². The lowest BCUT2D eigenvalue weighted by Gasteiger charge is -2.16. The Kier molecular flexibility index (Phi) is 5.15. The topological polar surface area (TPSA) is 0 Å². The quantitative estimate of drug-likeness (QED) is 0.332. The predicted octanol–water partition coefficient (Wildman–Crippen LogP) is 7.95. The third-order valence-corrected chi connectivity index (χ3v) is 5.31. The molecular weight excluding hydrogens is 402 g/mol. The normalized spacial score (nSPS) is 11.9. The molecule has 0 aliphatic rings. The van der Waals surface area contributed by atoms with Crippen LogP contribution in [0.4, 0.5) is 13.2 Å². The summed E-state index contributed by atoms with van der Waals surface area (Å²) in [7, 11) is 0. The van der Waals surface area contributed by atoms with Gasteiger partial charge in [0.05, 0.1) is 30.7 Å². The van der Waals surface area contributed by atoms with Crippen LogP contribution in [-0.2, 0) is 6.18 Å². The zero-order valence-electron chi connectivity index (χ0n) is 10.8. The highest BCUT2D eigenvalue weighted by atomic mass is 35.5. The van der Waals surface area contributed by atoms with E-state index < -0.39 is 11.7 Å². The van der Waals surface area contributed by atoms with Crippen molar-refractivity contribution >= 4 is 58.0 Å². The maximum absolute atomic E-state index is 12.7. The van der Waals surface area contributed by atoms with E-state index in [9.17, 15) is 13.2 Å². The molecule has 0 heterocycles. The van der Waals surface area contributed by atoms with Crippen LogP contribution >= 0.6 is 58.0 Å². The number of hydrogen-bond acceptors (Lipinski definition) is 0. The Bertz CT molecular complexity index is 724. The van der Waals surface area contributed by atoms with Crippen LogP contribution in [-0.4, -0.2) is 0 Å². The summed E-state index contributed by atoms with van der Waals surface area (Å²) in [6.07, 6.45) is -4.44. The number of alkyl halides is 3. The van der Waals surface area contributed by atoms with Gasteiger partial charge in [-0.25, -0.2) is 0 Å². The second-order valence-electron chi connectivity index (χ2n) is 4.47. The van der Waals surface area contributed by atoms with Crippen LogP contribution in [0.5, 0.6) is 0 Å². The summed E-state index contributed by atoms with van der Waals surface area (Å²) in [4.78, 5) is 0. The van der Waals surface area contributed by atoms with E-state index in [1.807, 2.05) is 0 Å². The molecule has 0 N–H and O–H groups in total. The highest BCUT2D eigenvalue weighted by Gasteiger charge is 2.31. The van der Waals surface area contributed by atoms with E-state index in [0.29, 0.717) is 11.1 Å². The molecule has 2 aromatic carbocycles. The largest absolute Gasteiger partial charge is 0.416 e. The van der Waals surface area contributed by atoms with Crippen LogP contribution < -0.4 is 0 Å². The number of halogens is 8. The molecule has 0 fully saturated rings. The van der Waals surface area contributed by atoms with Crippen molar-refractivity contribution in [1.29, 1.82) is 0 Å². The van der Waals surface area contributed by atoms with Gasteiger partial charge in [-0.15, -0.1) is 0 Å². The van der Waals surface area contributed by atoms with Crippen molar-refractivity contribution in [3.63, 3.8) is 0 Å². The summed E-state index contributed by atoms with van der Waals surface area (Å²) in [5.41, 5.74) is 0.192. The average molecular weight is 408 g/mol. The lowest BCUT2D eigenvalue weighted by Crippen LogP contribution is -2.05. The fourth-order valence-electron chi connectivity index (χ4n) is 1.96. The molecule has 2 aromatic rings. The summed E-state index contributed by atoms with van der Waals surface area (Å²) in [5, 5.41) is 0.0403. The summed E-state index contributed by atoms with van der Waals surface area (Å²) in [6, 6.07) is 3.20. The summed E-state index contributed by atoms with van der Waals surface area (Å²) < 4.78 is 38.2. The maximum atomic E-state index is 12.7. The van der Waals surface area contributed by atoms with Crippen molar-refractivity contribution in [2.75, 3.05) is 0 Å². The molecule has 0 saturated carbocycles. The van der Waals surface area contributed by atoms with E-state index in [0.717, 1.165) is 12.1 Å². The van der Waals surface area contributed by atoms with E-state index in [4.69, 9.17) is 58.0 Å². The number of rotatable bonds is 1. The van der Waals surface area contributed by atoms with Gasteiger partial charge in [-0.3, -0.25) is 0 Å². The Morgan fingerprint density at radius 3 is 1.64 bits per heavy atom. The molecule has 0 spiro atoms. The molecule has 2 rings (SSSR count). The molecule has 8 heteroatoms. The molecule has 0 aliphatic heterocycles. The van der Waals surface area contributed by atoms with E-state index >= 15 is 0 Å². The average Bonchev–Trinajstić information content (AvgIpc) is 2.43. The highest BCUT2D eigenvalue weighted by molar-refractivity contribution is 6.56. The number of benzene rings is 2. The van der Waals surface area contributed by atoms with Crippen LogP contribution in [0, 0.1) is 6.92 Å². The first kappa shape index (κ1) is 18.0. The van der Waals surface area contributed by atoms with Gasteiger partial charge in [0.2, 0.25) is 0 Å². The third-order valence-electron chi connectivity index (χ3n) is 3.03. The Balaban J connectivity index is 2.74. The fraction of sp³-hybridized carbons (Fsp3) is 0.143. The first-order chi connectivity index (χ1) is 10.1. The molecule has 0 bridgehead atoms. The molecule has 0 atom stereocenters. The van der Waals surface area contributed by atoms with Gasteiger partial charge in [0.15, 0.2) is 0 Å². The summed E-state index contributed by atoms with van der Waals surface area (Å²) in [6.45, 7) is 1.51. The smallest absolute Gasteiger partial charge is 0.166 e. The van der Waals surface area contributed by atoms with Crippen molar-refractivity contribution in [2.45, 2.75) is 13.1 Å². The van der Waals surface area contributed by atoms with Crippen molar-refractivity contribution in [1.82, 2.24) is 0 Å². The number of aryl methyl sites for hydroxylation is 1. The Labute approximate surface area is 149 Å². The van der Waals surface area contributed by atoms with Crippen LogP contribution in [0.3, 0.4) is 0 Å². The Morgan fingerprint density at radius 1 is 0.773 bits per heavy atom. The van der Waals surface area contributed by atoms with Crippen LogP contribution in [0.25, 0.3) is 11.1 Å². The fourth-order valence-corrected chi connectivity index (χ4v) is 3.30. The van der Waals surface area contributed by atoms with Gasteiger partial charge in [-0.2, -0.15) is 13.2 Å². The summed E-state index contributed by atoms with van der Waals surface area (Å²) in [5.74, 6) is 0. The standard InChI is InChI=1S/C14H6Cl5F3/c1-5-4-6(14(20,21)22)2-3-7(5)8-9(15)11(17)13(19)12(18)10(8)16/h2-4H,1H3. The minimum absolute atomic E-state index is 0.00738. The first-order valence-electron chi connectivity index (χ1n) is 5.75. The SMILES string of the molecule is Cc1cc(C(F)(F)F)ccc1-c1c(Cl)c(Cl)c(Cl)c(Cl)c1Cl. The third kappa shape index (κ3) is 3.15. The van der Waals surface area contributed by atoms with Crippen molar-refractivity contribution in [3.05, 3.63) is 54.4 Å². The lowest BCUT2D eigenvalue weighted by molar-refractivity contribution is -0.137. The molecule has 0 nitrogen and oxygen atoms in total. The summed E-state index contributed by atoms with van der Waals surface area (Å²) >= 11 is 30.1. The van der Waals surface area contributed by atoms with Crippen LogP contribution in [0.2, 0.25) is 25.1 Å². The van der Waals surface area contributed by atoms with Crippen molar-refractivity contribution in [2.24, 2.45) is 0 Å². The van der Waals surface area contributed by atoms with E-state index in [-0.39, 0.29) is 30.7 Å². The predicted molar refractivity (Wildman–Crippen MR) is 86.7 cm³/mol. The second kappa shape index (κ2) is 6.29. The molecule has 0 radical (unpaired) electrons. The minimum Gasteiger partial charge on any atom is -0.166 e. The maximum Gasteiger partial charge on any atom is 0.416 e. The minimum atomic E-state index is -4.44. The van der Waals surface area contributed by atoms with Crippen LogP contribution in [0.15, 0.2) is 18.2 Å². The number of hydrogen-bond donors (Lipinski definition) is 0. The van der Waals surface area contributed by atoms with Gasteiger partial charge in [-0.05, 0) is 30.2 Å². The van der Waals surface area contributed by atoms with Gasteiger partial charge in [-0.1, -0.05) is 64.1 Å².